The number of anilines is 1. The van der Waals surface area contributed by atoms with Crippen LogP contribution in [0.15, 0.2) is 45.7 Å². The van der Waals surface area contributed by atoms with Gasteiger partial charge in [0.15, 0.2) is 4.67 Å². The zero-order valence-corrected chi connectivity index (χ0v) is 13.2. The van der Waals surface area contributed by atoms with E-state index in [1.165, 1.54) is 6.26 Å². The zero-order chi connectivity index (χ0) is 15.1. The van der Waals surface area contributed by atoms with Gasteiger partial charge in [-0.05, 0) is 39.7 Å². The first kappa shape index (κ1) is 15.8. The largest absolute Gasteiger partial charge is 0.457 e. The van der Waals surface area contributed by atoms with E-state index in [9.17, 15) is 4.79 Å². The third-order valence-electron chi connectivity index (χ3n) is 2.75. The Morgan fingerprint density at radius 2 is 2.19 bits per heavy atom. The minimum atomic E-state index is -0.229. The van der Waals surface area contributed by atoms with Gasteiger partial charge in [-0.15, -0.1) is 0 Å². The summed E-state index contributed by atoms with van der Waals surface area (Å²) in [5, 5.41) is 2.82. The molecule has 1 heterocycles. The molecule has 2 rings (SSSR count). The molecule has 0 aliphatic carbocycles. The Hall–Kier alpha value is -1.63. The summed E-state index contributed by atoms with van der Waals surface area (Å²) in [6, 6.07) is 9.12. The Balaban J connectivity index is 1.94. The minimum absolute atomic E-state index is 0.229. The number of benzene rings is 1. The number of hydrogen-bond donors (Lipinski definition) is 1. The van der Waals surface area contributed by atoms with Crippen molar-refractivity contribution in [2.45, 2.75) is 6.61 Å². The van der Waals surface area contributed by atoms with Crippen molar-refractivity contribution < 1.29 is 18.7 Å². The molecule has 0 aliphatic heterocycles. The molecule has 1 amide bonds. The van der Waals surface area contributed by atoms with Gasteiger partial charge in [-0.2, -0.15) is 0 Å². The van der Waals surface area contributed by atoms with Crippen molar-refractivity contribution in [3.05, 3.63) is 52.4 Å². The van der Waals surface area contributed by atoms with Gasteiger partial charge in [0.1, 0.15) is 0 Å². The average molecular weight is 354 g/mol. The number of carbonyl (C=O) groups is 1. The highest BCUT2D eigenvalue weighted by Crippen LogP contribution is 2.19. The number of carbonyl (C=O) groups excluding carboxylic acids is 1. The average Bonchev–Trinajstić information content (AvgIpc) is 2.90. The van der Waals surface area contributed by atoms with Crippen LogP contribution in [-0.2, 0) is 16.1 Å². The molecule has 0 spiro atoms. The first-order valence-corrected chi connectivity index (χ1v) is 7.20. The van der Waals surface area contributed by atoms with Crippen molar-refractivity contribution in [2.75, 3.05) is 25.6 Å². The highest BCUT2D eigenvalue weighted by atomic mass is 79.9. The van der Waals surface area contributed by atoms with Crippen molar-refractivity contribution in [1.82, 2.24) is 0 Å². The molecule has 112 valence electrons. The molecule has 0 bridgehead atoms. The van der Waals surface area contributed by atoms with Gasteiger partial charge in [-0.3, -0.25) is 4.79 Å². The first-order chi connectivity index (χ1) is 10.2. The highest BCUT2D eigenvalue weighted by Gasteiger charge is 2.12. The molecular formula is C15H16BrNO4. The second kappa shape index (κ2) is 7.97. The molecule has 0 saturated carbocycles. The molecule has 0 saturated heterocycles. The minimum Gasteiger partial charge on any atom is -0.457 e. The Kier molecular flexibility index (Phi) is 5.98. The summed E-state index contributed by atoms with van der Waals surface area (Å²) in [7, 11) is 1.63. The summed E-state index contributed by atoms with van der Waals surface area (Å²) >= 11 is 3.18. The van der Waals surface area contributed by atoms with Crippen molar-refractivity contribution >= 4 is 27.5 Å². The lowest BCUT2D eigenvalue weighted by molar-refractivity contribution is 0.0617. The number of nitrogens with one attached hydrogen (secondary N) is 1. The molecule has 5 nitrogen and oxygen atoms in total. The summed E-state index contributed by atoms with van der Waals surface area (Å²) in [4.78, 5) is 12.1. The predicted molar refractivity (Wildman–Crippen MR) is 82.3 cm³/mol. The monoisotopic (exact) mass is 353 g/mol. The van der Waals surface area contributed by atoms with Crippen LogP contribution in [0.5, 0.6) is 0 Å². The fourth-order valence-electron chi connectivity index (χ4n) is 1.73. The van der Waals surface area contributed by atoms with Gasteiger partial charge < -0.3 is 19.2 Å². The fourth-order valence-corrected chi connectivity index (χ4v) is 2.15. The van der Waals surface area contributed by atoms with E-state index in [1.807, 2.05) is 24.3 Å². The van der Waals surface area contributed by atoms with Gasteiger partial charge in [0.2, 0.25) is 0 Å². The van der Waals surface area contributed by atoms with Crippen molar-refractivity contribution in [3.8, 4) is 0 Å². The number of ether oxygens (including phenoxy) is 2. The number of amides is 1. The van der Waals surface area contributed by atoms with Crippen LogP contribution < -0.4 is 5.32 Å². The lowest BCUT2D eigenvalue weighted by atomic mass is 10.2. The van der Waals surface area contributed by atoms with Crippen LogP contribution >= 0.6 is 15.9 Å². The fraction of sp³-hybridized carbons (Fsp3) is 0.267. The molecule has 2 aromatic rings. The van der Waals surface area contributed by atoms with Gasteiger partial charge in [0.05, 0.1) is 31.6 Å². The highest BCUT2D eigenvalue weighted by molar-refractivity contribution is 9.10. The van der Waals surface area contributed by atoms with Crippen LogP contribution in [0.4, 0.5) is 5.69 Å². The predicted octanol–water partition coefficient (Wildman–Crippen LogP) is 3.46. The third-order valence-corrected chi connectivity index (χ3v) is 3.36. The van der Waals surface area contributed by atoms with Gasteiger partial charge in [-0.25, -0.2) is 0 Å². The van der Waals surface area contributed by atoms with E-state index in [-0.39, 0.29) is 5.91 Å². The topological polar surface area (TPSA) is 60.7 Å². The Labute approximate surface area is 131 Å². The molecule has 1 aromatic carbocycles. The van der Waals surface area contributed by atoms with Gasteiger partial charge >= 0.3 is 0 Å². The maximum Gasteiger partial charge on any atom is 0.260 e. The summed E-state index contributed by atoms with van der Waals surface area (Å²) in [6.45, 7) is 1.57. The summed E-state index contributed by atoms with van der Waals surface area (Å²) in [5.41, 5.74) is 2.15. The number of hydrogen-bond acceptors (Lipinski definition) is 4. The Morgan fingerprint density at radius 1 is 1.33 bits per heavy atom. The van der Waals surface area contributed by atoms with Crippen molar-refractivity contribution in [3.63, 3.8) is 0 Å². The molecule has 1 aromatic heterocycles. The van der Waals surface area contributed by atoms with E-state index in [0.29, 0.717) is 35.7 Å². The third kappa shape index (κ3) is 4.70. The first-order valence-electron chi connectivity index (χ1n) is 6.40. The van der Waals surface area contributed by atoms with E-state index in [2.05, 4.69) is 21.2 Å². The molecule has 1 N–H and O–H groups in total. The van der Waals surface area contributed by atoms with Crippen LogP contribution in [-0.4, -0.2) is 26.2 Å². The van der Waals surface area contributed by atoms with Gasteiger partial charge in [-0.1, -0.05) is 12.1 Å². The molecule has 0 atom stereocenters. The summed E-state index contributed by atoms with van der Waals surface area (Å²) < 4.78 is 15.8. The molecular weight excluding hydrogens is 338 g/mol. The van der Waals surface area contributed by atoms with Crippen LogP contribution in [0.1, 0.15) is 15.9 Å². The standard InChI is InChI=1S/C15H16BrNO4/c1-19-7-8-20-10-11-3-2-4-12(9-11)17-15(18)13-5-6-21-14(13)16/h2-6,9H,7-8,10H2,1H3,(H,17,18). The summed E-state index contributed by atoms with van der Waals surface area (Å²) in [5.74, 6) is -0.229. The number of furan rings is 1. The second-order valence-electron chi connectivity index (χ2n) is 4.31. The second-order valence-corrected chi connectivity index (χ2v) is 5.03. The molecule has 0 unspecified atom stereocenters. The van der Waals surface area contributed by atoms with Crippen LogP contribution in [0.3, 0.4) is 0 Å². The normalized spacial score (nSPS) is 10.6. The lowest BCUT2D eigenvalue weighted by Gasteiger charge is -2.07. The van der Waals surface area contributed by atoms with Crippen LogP contribution in [0.25, 0.3) is 0 Å². The Morgan fingerprint density at radius 3 is 2.90 bits per heavy atom. The SMILES string of the molecule is COCCOCc1cccc(NC(=O)c2ccoc2Br)c1. The van der Waals surface area contributed by atoms with E-state index < -0.39 is 0 Å². The zero-order valence-electron chi connectivity index (χ0n) is 11.6. The quantitative estimate of drug-likeness (QED) is 0.774. The maximum absolute atomic E-state index is 12.1. The van der Waals surface area contributed by atoms with E-state index in [0.717, 1.165) is 5.56 Å². The molecule has 0 aliphatic rings. The van der Waals surface area contributed by atoms with Crippen molar-refractivity contribution in [2.24, 2.45) is 0 Å². The molecule has 21 heavy (non-hydrogen) atoms. The van der Waals surface area contributed by atoms with E-state index in [4.69, 9.17) is 13.9 Å². The van der Waals surface area contributed by atoms with E-state index in [1.54, 1.807) is 13.2 Å². The van der Waals surface area contributed by atoms with Gasteiger partial charge in [0.25, 0.3) is 5.91 Å². The van der Waals surface area contributed by atoms with Crippen LogP contribution in [0, 0.1) is 0 Å². The van der Waals surface area contributed by atoms with E-state index >= 15 is 0 Å². The Bertz CT molecular complexity index is 597. The van der Waals surface area contributed by atoms with Crippen molar-refractivity contribution in [1.29, 1.82) is 0 Å². The molecule has 0 fully saturated rings. The van der Waals surface area contributed by atoms with Crippen LogP contribution in [0.2, 0.25) is 0 Å². The lowest BCUT2D eigenvalue weighted by Crippen LogP contribution is -2.11. The van der Waals surface area contributed by atoms with Gasteiger partial charge in [0, 0.05) is 12.8 Å². The maximum atomic E-state index is 12.1. The number of methoxy groups -OCH3 is 1. The summed E-state index contributed by atoms with van der Waals surface area (Å²) in [6.07, 6.45) is 1.46. The smallest absolute Gasteiger partial charge is 0.260 e. The number of halogens is 1. The molecule has 6 heteroatoms. The number of rotatable bonds is 7. The molecule has 0 radical (unpaired) electrons.